The molecule has 0 amide bonds. The minimum absolute atomic E-state index is 0.0368. The molecule has 0 saturated carbocycles. The molecule has 0 spiro atoms. The van der Waals surface area contributed by atoms with Crippen molar-refractivity contribution in [1.29, 1.82) is 0 Å². The first-order valence-electron chi connectivity index (χ1n) is 6.54. The first kappa shape index (κ1) is 13.6. The van der Waals surface area contributed by atoms with Crippen molar-refractivity contribution in [3.8, 4) is 11.4 Å². The van der Waals surface area contributed by atoms with Crippen LogP contribution in [0, 0.1) is 0 Å². The van der Waals surface area contributed by atoms with Gasteiger partial charge in [0.25, 0.3) is 0 Å². The molecule has 0 unspecified atom stereocenters. The van der Waals surface area contributed by atoms with Gasteiger partial charge in [-0.15, -0.1) is 0 Å². The number of hydrogen-bond acceptors (Lipinski definition) is 2. The van der Waals surface area contributed by atoms with Crippen LogP contribution in [0.2, 0.25) is 5.02 Å². The molecule has 3 rings (SSSR count). The zero-order valence-corrected chi connectivity index (χ0v) is 12.2. The molecular weight excluding hydrogens is 284 g/mol. The van der Waals surface area contributed by atoms with Gasteiger partial charge in [0, 0.05) is 41.2 Å². The second-order valence-electron chi connectivity index (χ2n) is 4.74. The van der Waals surface area contributed by atoms with Gasteiger partial charge in [-0.2, -0.15) is 0 Å². The van der Waals surface area contributed by atoms with E-state index in [-0.39, 0.29) is 5.78 Å². The van der Waals surface area contributed by atoms with Gasteiger partial charge in [0.15, 0.2) is 5.78 Å². The van der Waals surface area contributed by atoms with E-state index in [1.165, 1.54) is 0 Å². The lowest BCUT2D eigenvalue weighted by Gasteiger charge is -2.09. The third-order valence-electron chi connectivity index (χ3n) is 3.34. The van der Waals surface area contributed by atoms with Crippen molar-refractivity contribution in [2.75, 3.05) is 0 Å². The summed E-state index contributed by atoms with van der Waals surface area (Å²) in [6, 6.07) is 14.4. The van der Waals surface area contributed by atoms with Gasteiger partial charge >= 0.3 is 0 Å². The third-order valence-corrected chi connectivity index (χ3v) is 3.59. The fourth-order valence-corrected chi connectivity index (χ4v) is 2.38. The van der Waals surface area contributed by atoms with Crippen LogP contribution in [0.15, 0.2) is 60.9 Å². The normalized spacial score (nSPS) is 10.6. The van der Waals surface area contributed by atoms with E-state index in [0.717, 1.165) is 11.4 Å². The number of carbonyl (C=O) groups is 1. The van der Waals surface area contributed by atoms with Gasteiger partial charge in [0.05, 0.1) is 0 Å². The van der Waals surface area contributed by atoms with E-state index in [1.807, 2.05) is 42.1 Å². The van der Waals surface area contributed by atoms with Crippen LogP contribution in [0.5, 0.6) is 0 Å². The lowest BCUT2D eigenvalue weighted by molar-refractivity contribution is 0.103. The molecule has 4 heteroatoms. The van der Waals surface area contributed by atoms with Crippen LogP contribution in [-0.2, 0) is 7.05 Å². The number of halogens is 1. The van der Waals surface area contributed by atoms with E-state index < -0.39 is 0 Å². The van der Waals surface area contributed by atoms with E-state index in [1.54, 1.807) is 30.5 Å². The number of benzene rings is 2. The molecular formula is C17H13ClN2O. The van der Waals surface area contributed by atoms with Gasteiger partial charge in [0.1, 0.15) is 5.82 Å². The Morgan fingerprint density at radius 2 is 1.81 bits per heavy atom. The molecule has 0 atom stereocenters. The summed E-state index contributed by atoms with van der Waals surface area (Å²) in [7, 11) is 1.91. The van der Waals surface area contributed by atoms with Gasteiger partial charge in [-0.05, 0) is 24.3 Å². The lowest BCUT2D eigenvalue weighted by atomic mass is 9.98. The predicted octanol–water partition coefficient (Wildman–Crippen LogP) is 3.97. The number of aryl methyl sites for hydroxylation is 1. The predicted molar refractivity (Wildman–Crippen MR) is 83.5 cm³/mol. The first-order valence-corrected chi connectivity index (χ1v) is 6.91. The van der Waals surface area contributed by atoms with Crippen molar-refractivity contribution in [3.05, 3.63) is 77.1 Å². The molecule has 2 aromatic carbocycles. The lowest BCUT2D eigenvalue weighted by Crippen LogP contribution is -2.05. The van der Waals surface area contributed by atoms with Crippen molar-refractivity contribution in [3.63, 3.8) is 0 Å². The average Bonchev–Trinajstić information content (AvgIpc) is 2.93. The van der Waals surface area contributed by atoms with Crippen LogP contribution in [0.1, 0.15) is 15.9 Å². The third kappa shape index (κ3) is 2.60. The van der Waals surface area contributed by atoms with Crippen LogP contribution in [-0.4, -0.2) is 15.3 Å². The highest BCUT2D eigenvalue weighted by atomic mass is 35.5. The molecule has 1 heterocycles. The molecule has 0 radical (unpaired) electrons. The highest BCUT2D eigenvalue weighted by Crippen LogP contribution is 2.24. The fourth-order valence-electron chi connectivity index (χ4n) is 2.26. The van der Waals surface area contributed by atoms with Crippen LogP contribution >= 0.6 is 11.6 Å². The maximum absolute atomic E-state index is 12.7. The van der Waals surface area contributed by atoms with Crippen molar-refractivity contribution < 1.29 is 4.79 Å². The number of hydrogen-bond donors (Lipinski definition) is 0. The number of nitrogens with zero attached hydrogens (tertiary/aromatic N) is 2. The second-order valence-corrected chi connectivity index (χ2v) is 5.18. The number of ketones is 1. The molecule has 3 nitrogen and oxygen atoms in total. The summed E-state index contributed by atoms with van der Waals surface area (Å²) in [6.07, 6.45) is 3.58. The Morgan fingerprint density at radius 1 is 1.10 bits per heavy atom. The Labute approximate surface area is 127 Å². The van der Waals surface area contributed by atoms with Gasteiger partial charge in [0.2, 0.25) is 0 Å². The quantitative estimate of drug-likeness (QED) is 0.685. The van der Waals surface area contributed by atoms with Gasteiger partial charge in [-0.25, -0.2) is 4.98 Å². The molecule has 3 aromatic rings. The van der Waals surface area contributed by atoms with Crippen LogP contribution in [0.25, 0.3) is 11.4 Å². The van der Waals surface area contributed by atoms with E-state index in [2.05, 4.69) is 4.98 Å². The largest absolute Gasteiger partial charge is 0.334 e. The minimum Gasteiger partial charge on any atom is -0.334 e. The van der Waals surface area contributed by atoms with E-state index in [0.29, 0.717) is 16.1 Å². The molecule has 0 bridgehead atoms. The number of carbonyl (C=O) groups excluding carboxylic acids is 1. The highest BCUT2D eigenvalue weighted by Gasteiger charge is 2.16. The molecule has 1 aromatic heterocycles. The SMILES string of the molecule is Cn1ccnc1-c1ccccc1C(=O)c1ccc(Cl)cc1. The van der Waals surface area contributed by atoms with E-state index in [9.17, 15) is 4.79 Å². The zero-order chi connectivity index (χ0) is 14.8. The molecule has 0 aliphatic rings. The summed E-state index contributed by atoms with van der Waals surface area (Å²) in [6.45, 7) is 0. The van der Waals surface area contributed by atoms with Crippen molar-refractivity contribution in [2.45, 2.75) is 0 Å². The summed E-state index contributed by atoms with van der Waals surface area (Å²) < 4.78 is 1.90. The average molecular weight is 297 g/mol. The first-order chi connectivity index (χ1) is 10.2. The minimum atomic E-state index is -0.0368. The number of rotatable bonds is 3. The summed E-state index contributed by atoms with van der Waals surface area (Å²) in [5.74, 6) is 0.734. The summed E-state index contributed by atoms with van der Waals surface area (Å²) in [5.41, 5.74) is 2.07. The highest BCUT2D eigenvalue weighted by molar-refractivity contribution is 6.30. The molecule has 104 valence electrons. The molecule has 0 aliphatic heterocycles. The summed E-state index contributed by atoms with van der Waals surface area (Å²) in [4.78, 5) is 17.0. The van der Waals surface area contributed by atoms with Crippen molar-refractivity contribution >= 4 is 17.4 Å². The molecule has 0 N–H and O–H groups in total. The van der Waals surface area contributed by atoms with Crippen LogP contribution < -0.4 is 0 Å². The standard InChI is InChI=1S/C17H13ClN2O/c1-20-11-10-19-17(20)15-5-3-2-4-14(15)16(21)12-6-8-13(18)9-7-12/h2-11H,1H3. The molecule has 0 aliphatic carbocycles. The Balaban J connectivity index is 2.09. The monoisotopic (exact) mass is 296 g/mol. The summed E-state index contributed by atoms with van der Waals surface area (Å²) >= 11 is 5.87. The van der Waals surface area contributed by atoms with Crippen LogP contribution in [0.4, 0.5) is 0 Å². The van der Waals surface area contributed by atoms with Crippen molar-refractivity contribution in [1.82, 2.24) is 9.55 Å². The Hall–Kier alpha value is -2.39. The van der Waals surface area contributed by atoms with Crippen LogP contribution in [0.3, 0.4) is 0 Å². The number of imidazole rings is 1. The molecule has 0 saturated heterocycles. The molecule has 21 heavy (non-hydrogen) atoms. The van der Waals surface area contributed by atoms with E-state index >= 15 is 0 Å². The van der Waals surface area contributed by atoms with Crippen molar-refractivity contribution in [2.24, 2.45) is 7.05 Å². The maximum Gasteiger partial charge on any atom is 0.193 e. The summed E-state index contributed by atoms with van der Waals surface area (Å²) in [5, 5.41) is 0.615. The zero-order valence-electron chi connectivity index (χ0n) is 11.5. The smallest absolute Gasteiger partial charge is 0.193 e. The second kappa shape index (κ2) is 5.54. The van der Waals surface area contributed by atoms with Gasteiger partial charge < -0.3 is 4.57 Å². The van der Waals surface area contributed by atoms with E-state index in [4.69, 9.17) is 11.6 Å². The topological polar surface area (TPSA) is 34.9 Å². The Morgan fingerprint density at radius 3 is 2.48 bits per heavy atom. The fraction of sp³-hybridized carbons (Fsp3) is 0.0588. The van der Waals surface area contributed by atoms with Gasteiger partial charge in [-0.3, -0.25) is 4.79 Å². The van der Waals surface area contributed by atoms with Gasteiger partial charge in [-0.1, -0.05) is 35.9 Å². The Bertz CT molecular complexity index is 791. The number of aromatic nitrogens is 2. The Kier molecular flexibility index (Phi) is 3.59. The molecule has 0 fully saturated rings. The maximum atomic E-state index is 12.7.